The number of benzene rings is 1. The van der Waals surface area contributed by atoms with Crippen LogP contribution in [0.3, 0.4) is 0 Å². The molecule has 1 aliphatic heterocycles. The van der Waals surface area contributed by atoms with Crippen molar-refractivity contribution in [1.29, 1.82) is 0 Å². The van der Waals surface area contributed by atoms with Crippen LogP contribution in [0.5, 0.6) is 5.75 Å². The van der Waals surface area contributed by atoms with Crippen LogP contribution in [-0.2, 0) is 9.53 Å². The zero-order valence-electron chi connectivity index (χ0n) is 12.7. The molecule has 0 bridgehead atoms. The van der Waals surface area contributed by atoms with Gasteiger partial charge in [-0.05, 0) is 12.1 Å². The van der Waals surface area contributed by atoms with Crippen molar-refractivity contribution in [2.45, 2.75) is 37.6 Å². The van der Waals surface area contributed by atoms with Crippen molar-refractivity contribution in [3.8, 4) is 5.75 Å². The fourth-order valence-corrected chi connectivity index (χ4v) is 2.35. The average molecular weight is 342 g/mol. The smallest absolute Gasteiger partial charge is 0.269 e. The molecule has 2 rings (SSSR count). The topological polar surface area (TPSA) is 151 Å². The molecule has 10 nitrogen and oxygen atoms in total. The predicted molar refractivity (Wildman–Crippen MR) is 79.1 cm³/mol. The Kier molecular flexibility index (Phi) is 5.67. The number of aliphatic hydroxyl groups is 3. The van der Waals surface area contributed by atoms with Gasteiger partial charge in [-0.3, -0.25) is 14.9 Å². The highest BCUT2D eigenvalue weighted by Gasteiger charge is 2.46. The summed E-state index contributed by atoms with van der Waals surface area (Å²) in [4.78, 5) is 21.4. The van der Waals surface area contributed by atoms with Crippen LogP contribution in [0.1, 0.15) is 6.92 Å². The standard InChI is InChI=1S/C14H18N2O8/c1-7(18)15-11-13(20)12(19)10(6-17)24-14(11)23-9-4-2-8(3-5-9)16(21)22/h2-5,10-14,17,19-20H,6H2,1H3,(H,15,18)/t10-,11+,12-,13-,14-/m1/s1. The molecule has 1 amide bonds. The Balaban J connectivity index is 2.19. The lowest BCUT2D eigenvalue weighted by Crippen LogP contribution is -2.65. The Morgan fingerprint density at radius 3 is 2.46 bits per heavy atom. The number of rotatable bonds is 5. The van der Waals surface area contributed by atoms with Gasteiger partial charge in [-0.1, -0.05) is 0 Å². The van der Waals surface area contributed by atoms with E-state index in [2.05, 4.69) is 5.32 Å². The zero-order chi connectivity index (χ0) is 17.9. The molecule has 1 saturated heterocycles. The number of aliphatic hydroxyl groups excluding tert-OH is 3. The van der Waals surface area contributed by atoms with E-state index in [-0.39, 0.29) is 11.4 Å². The first-order valence-corrected chi connectivity index (χ1v) is 7.14. The molecule has 0 radical (unpaired) electrons. The van der Waals surface area contributed by atoms with Crippen LogP contribution in [-0.4, -0.2) is 63.4 Å². The Morgan fingerprint density at radius 2 is 1.96 bits per heavy atom. The lowest BCUT2D eigenvalue weighted by Gasteiger charge is -2.42. The number of hydrogen-bond donors (Lipinski definition) is 4. The minimum Gasteiger partial charge on any atom is -0.463 e. The lowest BCUT2D eigenvalue weighted by molar-refractivity contribution is -0.384. The second-order valence-electron chi connectivity index (χ2n) is 5.30. The zero-order valence-corrected chi connectivity index (χ0v) is 12.7. The number of amides is 1. The summed E-state index contributed by atoms with van der Waals surface area (Å²) in [6.07, 6.45) is -5.15. The number of nitrogens with one attached hydrogen (secondary N) is 1. The molecular weight excluding hydrogens is 324 g/mol. The fraction of sp³-hybridized carbons (Fsp3) is 0.500. The largest absolute Gasteiger partial charge is 0.463 e. The molecular formula is C14H18N2O8. The summed E-state index contributed by atoms with van der Waals surface area (Å²) in [6.45, 7) is 0.658. The molecule has 1 aromatic rings. The third-order valence-corrected chi connectivity index (χ3v) is 3.55. The third-order valence-electron chi connectivity index (χ3n) is 3.55. The van der Waals surface area contributed by atoms with Crippen molar-refractivity contribution in [1.82, 2.24) is 5.32 Å². The van der Waals surface area contributed by atoms with Crippen LogP contribution < -0.4 is 10.1 Å². The summed E-state index contributed by atoms with van der Waals surface area (Å²) in [5.41, 5.74) is -0.131. The van der Waals surface area contributed by atoms with E-state index in [9.17, 15) is 30.2 Å². The van der Waals surface area contributed by atoms with Crippen molar-refractivity contribution in [2.75, 3.05) is 6.61 Å². The van der Waals surface area contributed by atoms with Crippen LogP contribution >= 0.6 is 0 Å². The molecule has 1 heterocycles. The number of nitrogens with zero attached hydrogens (tertiary/aromatic N) is 1. The molecule has 4 N–H and O–H groups in total. The Labute approximate surface area is 136 Å². The van der Waals surface area contributed by atoms with Crippen LogP contribution in [0.4, 0.5) is 5.69 Å². The van der Waals surface area contributed by atoms with Gasteiger partial charge in [-0.2, -0.15) is 0 Å². The minimum atomic E-state index is -1.43. The maximum atomic E-state index is 11.3. The monoisotopic (exact) mass is 342 g/mol. The van der Waals surface area contributed by atoms with Gasteiger partial charge in [0.15, 0.2) is 0 Å². The van der Waals surface area contributed by atoms with Crippen LogP contribution in [0.2, 0.25) is 0 Å². The SMILES string of the molecule is CC(=O)N[C@@H]1[C@H](Oc2ccc([N+](=O)[O-])cc2)O[C@H](CO)[C@@H](O)[C@@H]1O. The molecule has 0 aliphatic carbocycles. The van der Waals surface area contributed by atoms with E-state index in [0.717, 1.165) is 0 Å². The highest BCUT2D eigenvalue weighted by Crippen LogP contribution is 2.25. The van der Waals surface area contributed by atoms with Gasteiger partial charge in [0, 0.05) is 19.1 Å². The van der Waals surface area contributed by atoms with Crippen molar-refractivity contribution < 1.29 is 34.5 Å². The number of carbonyl (C=O) groups excluding carboxylic acids is 1. The molecule has 1 aromatic carbocycles. The van der Waals surface area contributed by atoms with Gasteiger partial charge in [0.25, 0.3) is 5.69 Å². The molecule has 1 fully saturated rings. The first-order valence-electron chi connectivity index (χ1n) is 7.14. The normalized spacial score (nSPS) is 29.8. The van der Waals surface area contributed by atoms with Gasteiger partial charge in [0.1, 0.15) is 30.1 Å². The minimum absolute atomic E-state index is 0.131. The Morgan fingerprint density at radius 1 is 1.33 bits per heavy atom. The highest BCUT2D eigenvalue weighted by atomic mass is 16.7. The van der Waals surface area contributed by atoms with Crippen LogP contribution in [0.15, 0.2) is 24.3 Å². The van der Waals surface area contributed by atoms with Gasteiger partial charge in [0.05, 0.1) is 11.5 Å². The highest BCUT2D eigenvalue weighted by molar-refractivity contribution is 5.73. The van der Waals surface area contributed by atoms with Crippen molar-refractivity contribution in [3.05, 3.63) is 34.4 Å². The second kappa shape index (κ2) is 7.53. The van der Waals surface area contributed by atoms with E-state index >= 15 is 0 Å². The Bertz CT molecular complexity index is 593. The summed E-state index contributed by atoms with van der Waals surface area (Å²) >= 11 is 0. The molecule has 132 valence electrons. The van der Waals surface area contributed by atoms with Gasteiger partial charge < -0.3 is 30.1 Å². The van der Waals surface area contributed by atoms with E-state index in [1.165, 1.54) is 31.2 Å². The van der Waals surface area contributed by atoms with E-state index in [1.807, 2.05) is 0 Å². The predicted octanol–water partition coefficient (Wildman–Crippen LogP) is -1.08. The molecule has 0 aromatic heterocycles. The maximum absolute atomic E-state index is 11.3. The molecule has 0 unspecified atom stereocenters. The summed E-state index contributed by atoms with van der Waals surface area (Å²) in [7, 11) is 0. The molecule has 10 heteroatoms. The van der Waals surface area contributed by atoms with Crippen molar-refractivity contribution in [2.24, 2.45) is 0 Å². The first kappa shape index (κ1) is 18.1. The van der Waals surface area contributed by atoms with Crippen molar-refractivity contribution >= 4 is 11.6 Å². The average Bonchev–Trinajstić information content (AvgIpc) is 2.54. The second-order valence-corrected chi connectivity index (χ2v) is 5.30. The summed E-state index contributed by atoms with van der Waals surface area (Å²) in [5.74, 6) is -0.282. The number of hydrogen-bond acceptors (Lipinski definition) is 8. The summed E-state index contributed by atoms with van der Waals surface area (Å²) < 4.78 is 10.9. The molecule has 1 aliphatic rings. The molecule has 24 heavy (non-hydrogen) atoms. The van der Waals surface area contributed by atoms with Crippen LogP contribution in [0, 0.1) is 10.1 Å². The van der Waals surface area contributed by atoms with E-state index in [4.69, 9.17) is 9.47 Å². The Hall–Kier alpha value is -2.27. The van der Waals surface area contributed by atoms with Gasteiger partial charge >= 0.3 is 0 Å². The summed E-state index contributed by atoms with van der Waals surface area (Å²) in [6, 6.07) is 4.02. The number of non-ortho nitro benzene ring substituents is 1. The summed E-state index contributed by atoms with van der Waals surface area (Å²) in [5, 5.41) is 42.3. The first-order chi connectivity index (χ1) is 11.3. The number of carbonyl (C=O) groups is 1. The van der Waals surface area contributed by atoms with Gasteiger partial charge in [-0.25, -0.2) is 0 Å². The van der Waals surface area contributed by atoms with E-state index < -0.39 is 48.1 Å². The number of nitro benzene ring substituents is 1. The molecule has 0 saturated carbocycles. The maximum Gasteiger partial charge on any atom is 0.269 e. The fourth-order valence-electron chi connectivity index (χ4n) is 2.35. The number of nitro groups is 1. The van der Waals surface area contributed by atoms with Crippen LogP contribution in [0.25, 0.3) is 0 Å². The van der Waals surface area contributed by atoms with Gasteiger partial charge in [-0.15, -0.1) is 0 Å². The molecule has 5 atom stereocenters. The van der Waals surface area contributed by atoms with Crippen molar-refractivity contribution in [3.63, 3.8) is 0 Å². The third kappa shape index (κ3) is 3.97. The lowest BCUT2D eigenvalue weighted by atomic mass is 9.97. The van der Waals surface area contributed by atoms with E-state index in [1.54, 1.807) is 0 Å². The van der Waals surface area contributed by atoms with Gasteiger partial charge in [0.2, 0.25) is 12.2 Å². The van der Waals surface area contributed by atoms with E-state index in [0.29, 0.717) is 0 Å². The molecule has 0 spiro atoms. The quantitative estimate of drug-likeness (QED) is 0.389. The number of ether oxygens (including phenoxy) is 2.